The van der Waals surface area contributed by atoms with Gasteiger partial charge in [0.25, 0.3) is 0 Å². The Morgan fingerprint density at radius 1 is 1.22 bits per heavy atom. The molecule has 2 rings (SSSR count). The van der Waals surface area contributed by atoms with E-state index in [1.807, 2.05) is 29.6 Å². The molecule has 0 aliphatic carbocycles. The van der Waals surface area contributed by atoms with Crippen molar-refractivity contribution in [2.24, 2.45) is 5.73 Å². The fourth-order valence-electron chi connectivity index (χ4n) is 1.73. The van der Waals surface area contributed by atoms with Crippen LogP contribution in [0, 0.1) is 0 Å². The van der Waals surface area contributed by atoms with Crippen molar-refractivity contribution in [2.75, 3.05) is 14.2 Å². The molecular formula is C13H14BrNO2S. The molecule has 5 heteroatoms. The van der Waals surface area contributed by atoms with Crippen LogP contribution in [-0.4, -0.2) is 14.2 Å². The maximum absolute atomic E-state index is 6.28. The first-order valence-corrected chi connectivity index (χ1v) is 7.04. The van der Waals surface area contributed by atoms with Crippen molar-refractivity contribution >= 4 is 27.3 Å². The first kappa shape index (κ1) is 13.4. The number of hydrogen-bond acceptors (Lipinski definition) is 4. The minimum Gasteiger partial charge on any atom is -0.497 e. The molecule has 1 aromatic heterocycles. The van der Waals surface area contributed by atoms with E-state index in [1.54, 1.807) is 25.6 Å². The van der Waals surface area contributed by atoms with Crippen molar-refractivity contribution in [3.63, 3.8) is 0 Å². The Kier molecular flexibility index (Phi) is 4.27. The van der Waals surface area contributed by atoms with Crippen molar-refractivity contribution in [3.05, 3.63) is 44.6 Å². The van der Waals surface area contributed by atoms with E-state index in [0.717, 1.165) is 26.4 Å². The number of halogens is 1. The predicted molar refractivity (Wildman–Crippen MR) is 77.6 cm³/mol. The lowest BCUT2D eigenvalue weighted by atomic mass is 10.0. The van der Waals surface area contributed by atoms with Gasteiger partial charge in [0.2, 0.25) is 0 Å². The molecule has 1 unspecified atom stereocenters. The smallest absolute Gasteiger partial charge is 0.124 e. The van der Waals surface area contributed by atoms with E-state index in [2.05, 4.69) is 15.9 Å². The van der Waals surface area contributed by atoms with E-state index in [0.29, 0.717) is 0 Å². The highest BCUT2D eigenvalue weighted by molar-refractivity contribution is 9.10. The minimum atomic E-state index is -0.216. The van der Waals surface area contributed by atoms with Gasteiger partial charge < -0.3 is 15.2 Å². The number of rotatable bonds is 4. The number of ether oxygens (including phenoxy) is 2. The molecular weight excluding hydrogens is 314 g/mol. The Morgan fingerprint density at radius 2 is 2.00 bits per heavy atom. The average molecular weight is 328 g/mol. The lowest BCUT2D eigenvalue weighted by Crippen LogP contribution is -2.11. The van der Waals surface area contributed by atoms with Crippen LogP contribution in [0.15, 0.2) is 34.1 Å². The number of benzene rings is 1. The second-order valence-corrected chi connectivity index (χ2v) is 5.61. The summed E-state index contributed by atoms with van der Waals surface area (Å²) in [5, 5.41) is 2.02. The molecule has 0 radical (unpaired) electrons. The Hall–Kier alpha value is -1.04. The number of thiophene rings is 1. The van der Waals surface area contributed by atoms with Crippen LogP contribution in [0.3, 0.4) is 0 Å². The van der Waals surface area contributed by atoms with Gasteiger partial charge in [0.15, 0.2) is 0 Å². The zero-order valence-corrected chi connectivity index (χ0v) is 12.5. The first-order chi connectivity index (χ1) is 8.65. The maximum atomic E-state index is 6.28. The van der Waals surface area contributed by atoms with Gasteiger partial charge in [0, 0.05) is 20.3 Å². The molecule has 0 aliphatic heterocycles. The summed E-state index contributed by atoms with van der Waals surface area (Å²) in [6, 6.07) is 7.45. The molecule has 0 aliphatic rings. The van der Waals surface area contributed by atoms with Gasteiger partial charge in [0.05, 0.1) is 20.3 Å². The number of hydrogen-bond donors (Lipinski definition) is 1. The molecule has 2 N–H and O–H groups in total. The summed E-state index contributed by atoms with van der Waals surface area (Å²) in [5.41, 5.74) is 7.21. The number of methoxy groups -OCH3 is 2. The van der Waals surface area contributed by atoms with E-state index in [9.17, 15) is 0 Å². The van der Waals surface area contributed by atoms with Crippen molar-refractivity contribution < 1.29 is 9.47 Å². The summed E-state index contributed by atoms with van der Waals surface area (Å²) >= 11 is 5.05. The van der Waals surface area contributed by atoms with Gasteiger partial charge in [0.1, 0.15) is 11.5 Å². The van der Waals surface area contributed by atoms with E-state index < -0.39 is 0 Å². The van der Waals surface area contributed by atoms with Gasteiger partial charge >= 0.3 is 0 Å². The standard InChI is InChI=1S/C13H14BrNO2S/c1-16-9-3-4-11(17-2)10(6-9)13(15)12-5-8(14)7-18-12/h3-7,13H,15H2,1-2H3. The highest BCUT2D eigenvalue weighted by Gasteiger charge is 2.16. The summed E-state index contributed by atoms with van der Waals surface area (Å²) in [4.78, 5) is 1.08. The molecule has 18 heavy (non-hydrogen) atoms. The second-order valence-electron chi connectivity index (χ2n) is 3.75. The molecule has 0 bridgehead atoms. The van der Waals surface area contributed by atoms with Crippen molar-refractivity contribution in [1.82, 2.24) is 0 Å². The van der Waals surface area contributed by atoms with E-state index >= 15 is 0 Å². The summed E-state index contributed by atoms with van der Waals surface area (Å²) in [6.07, 6.45) is 0. The van der Waals surface area contributed by atoms with Gasteiger partial charge in [-0.2, -0.15) is 0 Å². The Morgan fingerprint density at radius 3 is 2.56 bits per heavy atom. The summed E-state index contributed by atoms with van der Waals surface area (Å²) in [5.74, 6) is 1.55. The molecule has 0 amide bonds. The molecule has 1 heterocycles. The van der Waals surface area contributed by atoms with Gasteiger partial charge in [-0.25, -0.2) is 0 Å². The zero-order valence-electron chi connectivity index (χ0n) is 10.1. The summed E-state index contributed by atoms with van der Waals surface area (Å²) in [6.45, 7) is 0. The summed E-state index contributed by atoms with van der Waals surface area (Å²) < 4.78 is 11.6. The number of nitrogens with two attached hydrogens (primary N) is 1. The highest BCUT2D eigenvalue weighted by Crippen LogP contribution is 2.34. The molecule has 96 valence electrons. The van der Waals surface area contributed by atoms with Crippen LogP contribution in [0.2, 0.25) is 0 Å². The third-order valence-electron chi connectivity index (χ3n) is 2.67. The first-order valence-electron chi connectivity index (χ1n) is 5.37. The zero-order chi connectivity index (χ0) is 13.1. The molecule has 0 saturated carbocycles. The van der Waals surface area contributed by atoms with Crippen molar-refractivity contribution in [2.45, 2.75) is 6.04 Å². The SMILES string of the molecule is COc1ccc(OC)c(C(N)c2cc(Br)cs2)c1. The average Bonchev–Trinajstić information content (AvgIpc) is 2.83. The van der Waals surface area contributed by atoms with E-state index in [4.69, 9.17) is 15.2 Å². The van der Waals surface area contributed by atoms with Crippen LogP contribution in [0.5, 0.6) is 11.5 Å². The second kappa shape index (κ2) is 5.73. The molecule has 0 fully saturated rings. The van der Waals surface area contributed by atoms with Crippen LogP contribution < -0.4 is 15.2 Å². The molecule has 3 nitrogen and oxygen atoms in total. The van der Waals surface area contributed by atoms with Crippen LogP contribution in [0.4, 0.5) is 0 Å². The molecule has 1 aromatic carbocycles. The van der Waals surface area contributed by atoms with Crippen LogP contribution in [-0.2, 0) is 0 Å². The van der Waals surface area contributed by atoms with Crippen LogP contribution >= 0.6 is 27.3 Å². The Labute approximate surface area is 119 Å². The third-order valence-corrected chi connectivity index (χ3v) is 4.44. The van der Waals surface area contributed by atoms with Gasteiger partial charge in [-0.05, 0) is 40.2 Å². The third kappa shape index (κ3) is 2.68. The minimum absolute atomic E-state index is 0.216. The highest BCUT2D eigenvalue weighted by atomic mass is 79.9. The maximum Gasteiger partial charge on any atom is 0.124 e. The lowest BCUT2D eigenvalue weighted by Gasteiger charge is -2.15. The predicted octanol–water partition coefficient (Wildman–Crippen LogP) is 3.58. The largest absolute Gasteiger partial charge is 0.497 e. The topological polar surface area (TPSA) is 44.5 Å². The summed E-state index contributed by atoms with van der Waals surface area (Å²) in [7, 11) is 3.28. The molecule has 2 aromatic rings. The van der Waals surface area contributed by atoms with Gasteiger partial charge in [-0.3, -0.25) is 0 Å². The normalized spacial score (nSPS) is 12.2. The van der Waals surface area contributed by atoms with Crippen molar-refractivity contribution in [1.29, 1.82) is 0 Å². The lowest BCUT2D eigenvalue weighted by molar-refractivity contribution is 0.397. The van der Waals surface area contributed by atoms with Gasteiger partial charge in [-0.1, -0.05) is 0 Å². The van der Waals surface area contributed by atoms with E-state index in [-0.39, 0.29) is 6.04 Å². The monoisotopic (exact) mass is 327 g/mol. The van der Waals surface area contributed by atoms with E-state index in [1.165, 1.54) is 0 Å². The molecule has 0 saturated heterocycles. The van der Waals surface area contributed by atoms with Crippen LogP contribution in [0.25, 0.3) is 0 Å². The fraction of sp³-hybridized carbons (Fsp3) is 0.231. The van der Waals surface area contributed by atoms with Crippen LogP contribution in [0.1, 0.15) is 16.5 Å². The Balaban J connectivity index is 2.41. The van der Waals surface area contributed by atoms with Gasteiger partial charge in [-0.15, -0.1) is 11.3 Å². The van der Waals surface area contributed by atoms with Crippen molar-refractivity contribution in [3.8, 4) is 11.5 Å². The molecule has 0 spiro atoms. The Bertz CT molecular complexity index is 542. The quantitative estimate of drug-likeness (QED) is 0.933. The fourth-order valence-corrected chi connectivity index (χ4v) is 3.19. The molecule has 1 atom stereocenters.